The van der Waals surface area contributed by atoms with Gasteiger partial charge in [0.1, 0.15) is 0 Å². The van der Waals surface area contributed by atoms with E-state index in [4.69, 9.17) is 0 Å². The zero-order valence-corrected chi connectivity index (χ0v) is 12.1. The van der Waals surface area contributed by atoms with E-state index in [-0.39, 0.29) is 11.8 Å². The van der Waals surface area contributed by atoms with Crippen LogP contribution in [0.3, 0.4) is 0 Å². The van der Waals surface area contributed by atoms with Gasteiger partial charge < -0.3 is 9.80 Å². The Labute approximate surface area is 116 Å². The van der Waals surface area contributed by atoms with Gasteiger partial charge in [0.25, 0.3) is 0 Å². The first-order valence-electron chi connectivity index (χ1n) is 7.73. The number of carbonyl (C=O) groups excluding carboxylic acids is 2. The normalized spacial score (nSPS) is 21.2. The van der Waals surface area contributed by atoms with E-state index in [9.17, 15) is 9.59 Å². The molecule has 19 heavy (non-hydrogen) atoms. The number of hydrogen-bond acceptors (Lipinski definition) is 2. The molecular formula is C15H26N2O2. The number of nitrogens with zero attached hydrogens (tertiary/aromatic N) is 2. The van der Waals surface area contributed by atoms with E-state index in [1.807, 2.05) is 4.90 Å². The SMILES string of the molecule is CC(=O)N(CC(=O)N1CCCCCC1)C1CCCC1. The molecule has 0 N–H and O–H groups in total. The molecule has 0 unspecified atom stereocenters. The Morgan fingerprint density at radius 1 is 1.00 bits per heavy atom. The van der Waals surface area contributed by atoms with Crippen LogP contribution in [0.2, 0.25) is 0 Å². The number of hydrogen-bond donors (Lipinski definition) is 0. The lowest BCUT2D eigenvalue weighted by molar-refractivity contribution is -0.141. The maximum atomic E-state index is 12.4. The molecule has 2 fully saturated rings. The molecule has 1 saturated carbocycles. The summed E-state index contributed by atoms with van der Waals surface area (Å²) in [5, 5.41) is 0. The van der Waals surface area contributed by atoms with Gasteiger partial charge in [-0.3, -0.25) is 9.59 Å². The maximum Gasteiger partial charge on any atom is 0.242 e. The lowest BCUT2D eigenvalue weighted by Crippen LogP contribution is -2.46. The molecule has 1 heterocycles. The fraction of sp³-hybridized carbons (Fsp3) is 0.867. The molecule has 0 radical (unpaired) electrons. The largest absolute Gasteiger partial charge is 0.341 e. The molecule has 108 valence electrons. The smallest absolute Gasteiger partial charge is 0.242 e. The summed E-state index contributed by atoms with van der Waals surface area (Å²) in [5.41, 5.74) is 0. The Kier molecular flexibility index (Phi) is 5.23. The van der Waals surface area contributed by atoms with Gasteiger partial charge in [0.2, 0.25) is 11.8 Å². The second-order valence-corrected chi connectivity index (χ2v) is 5.88. The fourth-order valence-corrected chi connectivity index (χ4v) is 3.28. The molecule has 0 atom stereocenters. The number of carbonyl (C=O) groups is 2. The highest BCUT2D eigenvalue weighted by Crippen LogP contribution is 2.23. The second-order valence-electron chi connectivity index (χ2n) is 5.88. The van der Waals surface area contributed by atoms with Gasteiger partial charge in [0, 0.05) is 26.1 Å². The van der Waals surface area contributed by atoms with Crippen LogP contribution < -0.4 is 0 Å². The minimum Gasteiger partial charge on any atom is -0.341 e. The maximum absolute atomic E-state index is 12.4. The quantitative estimate of drug-likeness (QED) is 0.785. The third kappa shape index (κ3) is 3.95. The van der Waals surface area contributed by atoms with Crippen molar-refractivity contribution in [2.24, 2.45) is 0 Å². The van der Waals surface area contributed by atoms with Crippen LogP contribution in [0.1, 0.15) is 58.3 Å². The van der Waals surface area contributed by atoms with Gasteiger partial charge >= 0.3 is 0 Å². The molecule has 0 aromatic heterocycles. The van der Waals surface area contributed by atoms with E-state index >= 15 is 0 Å². The molecule has 0 aromatic rings. The Morgan fingerprint density at radius 3 is 2.11 bits per heavy atom. The van der Waals surface area contributed by atoms with Crippen molar-refractivity contribution in [1.82, 2.24) is 9.80 Å². The minimum atomic E-state index is 0.0510. The molecule has 1 aliphatic carbocycles. The summed E-state index contributed by atoms with van der Waals surface area (Å²) in [6, 6.07) is 0.299. The van der Waals surface area contributed by atoms with E-state index in [0.717, 1.165) is 38.8 Å². The van der Waals surface area contributed by atoms with E-state index < -0.39 is 0 Å². The average Bonchev–Trinajstić information content (AvgIpc) is 2.76. The molecule has 0 bridgehead atoms. The Hall–Kier alpha value is -1.06. The molecule has 1 aliphatic heterocycles. The highest BCUT2D eigenvalue weighted by molar-refractivity contribution is 5.84. The van der Waals surface area contributed by atoms with Crippen molar-refractivity contribution in [3.63, 3.8) is 0 Å². The fourth-order valence-electron chi connectivity index (χ4n) is 3.28. The first-order valence-corrected chi connectivity index (χ1v) is 7.73. The van der Waals surface area contributed by atoms with Crippen molar-refractivity contribution in [1.29, 1.82) is 0 Å². The van der Waals surface area contributed by atoms with Gasteiger partial charge in [-0.1, -0.05) is 25.7 Å². The third-order valence-corrected chi connectivity index (χ3v) is 4.43. The van der Waals surface area contributed by atoms with E-state index in [1.165, 1.54) is 25.7 Å². The lowest BCUT2D eigenvalue weighted by Gasteiger charge is -2.30. The van der Waals surface area contributed by atoms with Crippen molar-refractivity contribution in [2.75, 3.05) is 19.6 Å². The van der Waals surface area contributed by atoms with Gasteiger partial charge in [0.05, 0.1) is 6.54 Å². The van der Waals surface area contributed by atoms with Gasteiger partial charge in [-0.2, -0.15) is 0 Å². The molecule has 1 saturated heterocycles. The molecule has 0 aromatic carbocycles. The second kappa shape index (κ2) is 6.92. The summed E-state index contributed by atoms with van der Waals surface area (Å²) in [4.78, 5) is 27.9. The predicted octanol–water partition coefficient (Wildman–Crippen LogP) is 2.18. The topological polar surface area (TPSA) is 40.6 Å². The van der Waals surface area contributed by atoms with Crippen LogP contribution in [-0.4, -0.2) is 47.3 Å². The molecular weight excluding hydrogens is 240 g/mol. The summed E-state index contributed by atoms with van der Waals surface area (Å²) >= 11 is 0. The van der Waals surface area contributed by atoms with Crippen LogP contribution in [-0.2, 0) is 9.59 Å². The zero-order valence-electron chi connectivity index (χ0n) is 12.1. The number of amides is 2. The molecule has 2 amide bonds. The van der Waals surface area contributed by atoms with E-state index in [2.05, 4.69) is 0 Å². The van der Waals surface area contributed by atoms with Crippen molar-refractivity contribution < 1.29 is 9.59 Å². The number of likely N-dealkylation sites (tertiary alicyclic amines) is 1. The predicted molar refractivity (Wildman–Crippen MR) is 74.7 cm³/mol. The highest BCUT2D eigenvalue weighted by atomic mass is 16.2. The lowest BCUT2D eigenvalue weighted by atomic mass is 10.2. The van der Waals surface area contributed by atoms with Gasteiger partial charge in [-0.05, 0) is 25.7 Å². The van der Waals surface area contributed by atoms with Crippen molar-refractivity contribution in [3.05, 3.63) is 0 Å². The Balaban J connectivity index is 1.91. The standard InChI is InChI=1S/C15H26N2O2/c1-13(18)17(14-8-4-5-9-14)12-15(19)16-10-6-2-3-7-11-16/h14H,2-12H2,1H3. The summed E-state index contributed by atoms with van der Waals surface area (Å²) in [6.45, 7) is 3.62. The summed E-state index contributed by atoms with van der Waals surface area (Å²) < 4.78 is 0. The van der Waals surface area contributed by atoms with Gasteiger partial charge in [-0.25, -0.2) is 0 Å². The first-order chi connectivity index (χ1) is 9.18. The van der Waals surface area contributed by atoms with Crippen LogP contribution in [0.25, 0.3) is 0 Å². The third-order valence-electron chi connectivity index (χ3n) is 4.43. The van der Waals surface area contributed by atoms with Crippen molar-refractivity contribution >= 4 is 11.8 Å². The van der Waals surface area contributed by atoms with Crippen LogP contribution in [0.15, 0.2) is 0 Å². The first kappa shape index (κ1) is 14.4. The van der Waals surface area contributed by atoms with Crippen molar-refractivity contribution in [2.45, 2.75) is 64.3 Å². The van der Waals surface area contributed by atoms with Crippen LogP contribution >= 0.6 is 0 Å². The molecule has 2 aliphatic rings. The zero-order chi connectivity index (χ0) is 13.7. The van der Waals surface area contributed by atoms with Crippen molar-refractivity contribution in [3.8, 4) is 0 Å². The molecule has 0 spiro atoms. The van der Waals surface area contributed by atoms with Gasteiger partial charge in [-0.15, -0.1) is 0 Å². The van der Waals surface area contributed by atoms with E-state index in [0.29, 0.717) is 12.6 Å². The summed E-state index contributed by atoms with van der Waals surface area (Å²) in [7, 11) is 0. The van der Waals surface area contributed by atoms with Gasteiger partial charge in [0.15, 0.2) is 0 Å². The van der Waals surface area contributed by atoms with Crippen LogP contribution in [0.4, 0.5) is 0 Å². The van der Waals surface area contributed by atoms with Crippen LogP contribution in [0.5, 0.6) is 0 Å². The highest BCUT2D eigenvalue weighted by Gasteiger charge is 2.28. The molecule has 2 rings (SSSR count). The Bertz CT molecular complexity index is 316. The molecule has 4 nitrogen and oxygen atoms in total. The monoisotopic (exact) mass is 266 g/mol. The summed E-state index contributed by atoms with van der Waals surface area (Å²) in [6.07, 6.45) is 9.16. The average molecular weight is 266 g/mol. The summed E-state index contributed by atoms with van der Waals surface area (Å²) in [5.74, 6) is 0.194. The Morgan fingerprint density at radius 2 is 1.58 bits per heavy atom. The van der Waals surface area contributed by atoms with Crippen LogP contribution in [0, 0.1) is 0 Å². The number of rotatable bonds is 3. The molecule has 4 heteroatoms. The van der Waals surface area contributed by atoms with E-state index in [1.54, 1.807) is 11.8 Å². The minimum absolute atomic E-state index is 0.0510.